The highest BCUT2D eigenvalue weighted by molar-refractivity contribution is 6.04. The van der Waals surface area contributed by atoms with E-state index >= 15 is 4.39 Å². The molecule has 3 aliphatic carbocycles. The van der Waals surface area contributed by atoms with Crippen LogP contribution in [0, 0.1) is 11.3 Å². The van der Waals surface area contributed by atoms with Gasteiger partial charge >= 0.3 is 6.03 Å². The van der Waals surface area contributed by atoms with Gasteiger partial charge < -0.3 is 4.90 Å². The monoisotopic (exact) mass is 311 g/mol. The Balaban J connectivity index is 2.09. The van der Waals surface area contributed by atoms with Crippen molar-refractivity contribution < 1.29 is 14.0 Å². The quantitative estimate of drug-likeness (QED) is 0.685. The van der Waals surface area contributed by atoms with Crippen LogP contribution in [-0.4, -0.2) is 47.5 Å². The molecule has 116 valence electrons. The minimum absolute atomic E-state index is 0.596. The Hall–Kier alpha value is -2.68. The second kappa shape index (κ2) is 3.99. The molecule has 23 heavy (non-hydrogen) atoms. The van der Waals surface area contributed by atoms with Gasteiger partial charge in [0.2, 0.25) is 5.67 Å². The second-order valence-corrected chi connectivity index (χ2v) is 6.33. The number of nitrogens with zero attached hydrogens (tertiary/aromatic N) is 3. The molecule has 0 aromatic heterocycles. The van der Waals surface area contributed by atoms with Crippen LogP contribution in [0.3, 0.4) is 0 Å². The third kappa shape index (κ3) is 1.28. The number of imide groups is 1. The maximum atomic E-state index is 16.1. The number of carbonyl (C=O) groups is 2. The summed E-state index contributed by atoms with van der Waals surface area (Å²) in [5, 5.41) is 9.89. The lowest BCUT2D eigenvalue weighted by Crippen LogP contribution is -2.76. The zero-order chi connectivity index (χ0) is 16.6. The average Bonchev–Trinajstić information content (AvgIpc) is 2.58. The predicted octanol–water partition coefficient (Wildman–Crippen LogP) is 1.72. The Bertz CT molecular complexity index is 829. The van der Waals surface area contributed by atoms with Crippen LogP contribution in [0.1, 0.15) is 17.0 Å². The van der Waals surface area contributed by atoms with Gasteiger partial charge in [-0.1, -0.05) is 36.4 Å². The van der Waals surface area contributed by atoms with Crippen LogP contribution in [0.2, 0.25) is 0 Å². The number of likely N-dealkylation sites (N-methyl/N-ethyl adjacent to an activating group) is 1. The number of allylic oxidation sites excluding steroid dienone is 1. The minimum atomic E-state index is -2.34. The van der Waals surface area contributed by atoms with Crippen molar-refractivity contribution in [3.63, 3.8) is 0 Å². The molecule has 3 amide bonds. The molecule has 1 aromatic carbocycles. The molecule has 2 bridgehead atoms. The van der Waals surface area contributed by atoms with Gasteiger partial charge in [0.05, 0.1) is 6.07 Å². The van der Waals surface area contributed by atoms with Crippen molar-refractivity contribution in [1.82, 2.24) is 9.80 Å². The van der Waals surface area contributed by atoms with E-state index in [0.29, 0.717) is 11.1 Å². The molecule has 1 aromatic rings. The topological polar surface area (TPSA) is 64.4 Å². The van der Waals surface area contributed by atoms with Gasteiger partial charge in [0.15, 0.2) is 0 Å². The number of hydrogen-bond donors (Lipinski definition) is 0. The molecular weight excluding hydrogens is 297 g/mol. The average molecular weight is 311 g/mol. The molecule has 4 atom stereocenters. The highest BCUT2D eigenvalue weighted by Crippen LogP contribution is 2.58. The lowest BCUT2D eigenvalue weighted by atomic mass is 9.52. The first-order valence-electron chi connectivity index (χ1n) is 7.33. The van der Waals surface area contributed by atoms with E-state index in [1.54, 1.807) is 36.4 Å². The largest absolute Gasteiger partial charge is 0.326 e. The molecule has 0 N–H and O–H groups in total. The Morgan fingerprint density at radius 1 is 1.26 bits per heavy atom. The number of hydrogen-bond acceptors (Lipinski definition) is 3. The van der Waals surface area contributed by atoms with Crippen molar-refractivity contribution in [1.29, 1.82) is 5.26 Å². The van der Waals surface area contributed by atoms with E-state index in [4.69, 9.17) is 0 Å². The summed E-state index contributed by atoms with van der Waals surface area (Å²) in [5.74, 6) is -1.68. The van der Waals surface area contributed by atoms with Gasteiger partial charge in [-0.05, 0) is 11.1 Å². The number of rotatable bonds is 0. The zero-order valence-electron chi connectivity index (χ0n) is 12.7. The molecule has 0 spiro atoms. The van der Waals surface area contributed by atoms with E-state index in [0.717, 1.165) is 4.90 Å². The van der Waals surface area contributed by atoms with Crippen LogP contribution in [0.15, 0.2) is 36.4 Å². The number of alkyl halides is 1. The standard InChI is InChI=1S/C17H14FN3O2/c1-20-13-16(9-19)8-7-12(10-5-3-4-6-11(10)16)17(13,18)14(22)21(2)15(20)23/h3-8,12-13H,1-2H3/t12-,13?,16-,17-/m1/s1. The number of urea groups is 1. The van der Waals surface area contributed by atoms with E-state index in [1.807, 2.05) is 0 Å². The summed E-state index contributed by atoms with van der Waals surface area (Å²) >= 11 is 0. The summed E-state index contributed by atoms with van der Waals surface area (Å²) in [6.07, 6.45) is 3.24. The summed E-state index contributed by atoms with van der Waals surface area (Å²) in [6.45, 7) is 0. The van der Waals surface area contributed by atoms with E-state index < -0.39 is 35.0 Å². The molecule has 1 aliphatic heterocycles. The predicted molar refractivity (Wildman–Crippen MR) is 79.2 cm³/mol. The maximum Gasteiger partial charge on any atom is 0.326 e. The van der Waals surface area contributed by atoms with Crippen molar-refractivity contribution in [2.24, 2.45) is 0 Å². The first kappa shape index (κ1) is 13.9. The molecule has 6 heteroatoms. The van der Waals surface area contributed by atoms with Crippen molar-refractivity contribution in [3.05, 3.63) is 47.5 Å². The first-order chi connectivity index (χ1) is 10.9. The van der Waals surface area contributed by atoms with Gasteiger partial charge in [0, 0.05) is 20.0 Å². The van der Waals surface area contributed by atoms with Crippen molar-refractivity contribution >= 4 is 11.9 Å². The fourth-order valence-corrected chi connectivity index (χ4v) is 4.38. The fraction of sp³-hybridized carbons (Fsp3) is 0.353. The Morgan fingerprint density at radius 3 is 2.65 bits per heavy atom. The molecule has 1 heterocycles. The Morgan fingerprint density at radius 2 is 1.96 bits per heavy atom. The molecule has 1 unspecified atom stereocenters. The minimum Gasteiger partial charge on any atom is -0.318 e. The number of nitriles is 1. The van der Waals surface area contributed by atoms with E-state index in [-0.39, 0.29) is 0 Å². The van der Waals surface area contributed by atoms with Gasteiger partial charge in [-0.25, -0.2) is 9.18 Å². The summed E-state index contributed by atoms with van der Waals surface area (Å²) in [6, 6.07) is 7.49. The molecule has 5 nitrogen and oxygen atoms in total. The number of halogens is 1. The lowest BCUT2D eigenvalue weighted by Gasteiger charge is -2.58. The fourth-order valence-electron chi connectivity index (χ4n) is 4.38. The smallest absolute Gasteiger partial charge is 0.318 e. The van der Waals surface area contributed by atoms with Crippen molar-refractivity contribution in [2.45, 2.75) is 23.0 Å². The zero-order valence-corrected chi connectivity index (χ0v) is 12.7. The van der Waals surface area contributed by atoms with Crippen molar-refractivity contribution in [3.8, 4) is 6.07 Å². The molecule has 0 radical (unpaired) electrons. The lowest BCUT2D eigenvalue weighted by molar-refractivity contribution is -0.154. The van der Waals surface area contributed by atoms with Gasteiger partial charge in [0.1, 0.15) is 11.5 Å². The van der Waals surface area contributed by atoms with E-state index in [2.05, 4.69) is 6.07 Å². The molecule has 5 rings (SSSR count). The second-order valence-electron chi connectivity index (χ2n) is 6.33. The van der Waals surface area contributed by atoms with Gasteiger partial charge in [-0.2, -0.15) is 5.26 Å². The summed E-state index contributed by atoms with van der Waals surface area (Å²) in [4.78, 5) is 27.0. The van der Waals surface area contributed by atoms with Gasteiger partial charge in [0.25, 0.3) is 5.91 Å². The maximum absolute atomic E-state index is 16.1. The van der Waals surface area contributed by atoms with E-state index in [1.165, 1.54) is 19.0 Å². The van der Waals surface area contributed by atoms with Crippen LogP contribution < -0.4 is 0 Å². The van der Waals surface area contributed by atoms with Gasteiger partial charge in [-0.15, -0.1) is 0 Å². The normalized spacial score (nSPS) is 37.5. The third-order valence-electron chi connectivity index (χ3n) is 5.37. The number of benzene rings is 1. The first-order valence-corrected chi connectivity index (χ1v) is 7.33. The molecule has 1 saturated heterocycles. The van der Waals surface area contributed by atoms with Crippen LogP contribution in [-0.2, 0) is 10.2 Å². The van der Waals surface area contributed by atoms with Gasteiger partial charge in [-0.3, -0.25) is 9.69 Å². The van der Waals surface area contributed by atoms with E-state index in [9.17, 15) is 14.9 Å². The van der Waals surface area contributed by atoms with Crippen LogP contribution in [0.25, 0.3) is 0 Å². The number of amides is 3. The molecular formula is C17H14FN3O2. The Kier molecular flexibility index (Phi) is 2.42. The van der Waals surface area contributed by atoms with Crippen LogP contribution in [0.5, 0.6) is 0 Å². The number of carbonyl (C=O) groups excluding carboxylic acids is 2. The third-order valence-corrected chi connectivity index (χ3v) is 5.37. The Labute approximate surface area is 132 Å². The SMILES string of the molecule is CN1C(=O)N(C)C2[C@@]3(C#N)C=C[C@H](c4ccccc43)[C@]2(F)C1=O. The van der Waals surface area contributed by atoms with Crippen molar-refractivity contribution in [2.75, 3.05) is 14.1 Å². The molecule has 0 saturated carbocycles. The molecule has 1 fully saturated rings. The molecule has 4 aliphatic rings. The summed E-state index contributed by atoms with van der Waals surface area (Å²) in [5.41, 5.74) is -2.39. The summed E-state index contributed by atoms with van der Waals surface area (Å²) < 4.78 is 16.1. The highest BCUT2D eigenvalue weighted by atomic mass is 19.1. The van der Waals surface area contributed by atoms with Crippen LogP contribution >= 0.6 is 0 Å². The summed E-state index contributed by atoms with van der Waals surface area (Å²) in [7, 11) is 2.72. The van der Waals surface area contributed by atoms with Crippen LogP contribution in [0.4, 0.5) is 9.18 Å². The highest BCUT2D eigenvalue weighted by Gasteiger charge is 2.71.